The molecule has 0 bridgehead atoms. The number of rotatable bonds is 7. The monoisotopic (exact) mass is 439 g/mol. The van der Waals surface area contributed by atoms with E-state index < -0.39 is 0 Å². The number of nitrogens with one attached hydrogen (secondary N) is 1. The fourth-order valence-corrected chi connectivity index (χ4v) is 4.41. The summed E-state index contributed by atoms with van der Waals surface area (Å²) < 4.78 is 12.0. The van der Waals surface area contributed by atoms with Crippen molar-refractivity contribution in [2.45, 2.75) is 12.7 Å². The largest absolute Gasteiger partial charge is 0.495 e. The Labute approximate surface area is 174 Å². The number of fused-ring (bicyclic) bond motifs is 1. The highest BCUT2D eigenvalue weighted by molar-refractivity contribution is 7.99. The first kappa shape index (κ1) is 20.5. The molecule has 0 fully saturated rings. The first-order valence-electron chi connectivity index (χ1n) is 8.19. The van der Waals surface area contributed by atoms with Gasteiger partial charge < -0.3 is 14.8 Å². The Morgan fingerprint density at radius 1 is 1.29 bits per heavy atom. The van der Waals surface area contributed by atoms with Gasteiger partial charge in [-0.05, 0) is 6.92 Å². The van der Waals surface area contributed by atoms with Gasteiger partial charge in [-0.15, -0.1) is 23.1 Å². The molecule has 1 N–H and O–H groups in total. The molecule has 7 nitrogen and oxygen atoms in total. The molecule has 2 aromatic heterocycles. The van der Waals surface area contributed by atoms with Crippen LogP contribution >= 0.6 is 34.7 Å². The van der Waals surface area contributed by atoms with Crippen LogP contribution in [0, 0.1) is 6.92 Å². The van der Waals surface area contributed by atoms with E-state index in [1.54, 1.807) is 16.5 Å². The number of carbonyl (C=O) groups is 1. The Kier molecular flexibility index (Phi) is 6.48. The summed E-state index contributed by atoms with van der Waals surface area (Å²) in [5.41, 5.74) is 1.88. The van der Waals surface area contributed by atoms with Crippen LogP contribution in [0.1, 0.15) is 11.4 Å². The van der Waals surface area contributed by atoms with Crippen molar-refractivity contribution in [3.8, 4) is 11.5 Å². The highest BCUT2D eigenvalue weighted by atomic mass is 35.5. The highest BCUT2D eigenvalue weighted by Crippen LogP contribution is 2.35. The number of benzene rings is 1. The van der Waals surface area contributed by atoms with Gasteiger partial charge in [-0.25, -0.2) is 4.98 Å². The molecular formula is C18H18ClN3O4S2. The molecule has 0 aliphatic rings. The number of thioether (sulfide) groups is 1. The molecule has 2 heterocycles. The van der Waals surface area contributed by atoms with E-state index in [4.69, 9.17) is 21.1 Å². The summed E-state index contributed by atoms with van der Waals surface area (Å²) in [4.78, 5) is 29.6. The van der Waals surface area contributed by atoms with Crippen molar-refractivity contribution in [3.05, 3.63) is 50.3 Å². The van der Waals surface area contributed by atoms with E-state index in [0.29, 0.717) is 38.6 Å². The lowest BCUT2D eigenvalue weighted by molar-refractivity contribution is -0.113. The maximum atomic E-state index is 12.3. The maximum Gasteiger partial charge on any atom is 0.258 e. The lowest BCUT2D eigenvalue weighted by Crippen LogP contribution is -2.16. The molecule has 10 heteroatoms. The predicted octanol–water partition coefficient (Wildman–Crippen LogP) is 3.61. The minimum Gasteiger partial charge on any atom is -0.495 e. The van der Waals surface area contributed by atoms with Gasteiger partial charge in [-0.3, -0.25) is 14.0 Å². The number of amides is 1. The molecule has 28 heavy (non-hydrogen) atoms. The molecule has 148 valence electrons. The lowest BCUT2D eigenvalue weighted by atomic mass is 10.2. The van der Waals surface area contributed by atoms with Gasteiger partial charge in [0, 0.05) is 35.0 Å². The molecule has 0 radical (unpaired) electrons. The molecule has 0 aliphatic heterocycles. The van der Waals surface area contributed by atoms with Crippen molar-refractivity contribution in [2.24, 2.45) is 0 Å². The van der Waals surface area contributed by atoms with Crippen molar-refractivity contribution >= 4 is 51.3 Å². The van der Waals surface area contributed by atoms with E-state index in [2.05, 4.69) is 10.3 Å². The van der Waals surface area contributed by atoms with Gasteiger partial charge in [0.2, 0.25) is 5.91 Å². The molecule has 1 amide bonds. The van der Waals surface area contributed by atoms with E-state index in [1.165, 1.54) is 43.4 Å². The average molecular weight is 440 g/mol. The van der Waals surface area contributed by atoms with Crippen LogP contribution in [0.4, 0.5) is 5.69 Å². The number of methoxy groups -OCH3 is 2. The topological polar surface area (TPSA) is 81.9 Å². The Bertz CT molecular complexity index is 1080. The number of anilines is 1. The fourth-order valence-electron chi connectivity index (χ4n) is 2.57. The number of aromatic nitrogens is 2. The Morgan fingerprint density at radius 2 is 2.04 bits per heavy atom. The molecule has 0 aliphatic carbocycles. The molecule has 1 aromatic carbocycles. The first-order valence-corrected chi connectivity index (χ1v) is 10.6. The summed E-state index contributed by atoms with van der Waals surface area (Å²) in [5.74, 6) is 1.32. The van der Waals surface area contributed by atoms with Crippen LogP contribution in [-0.4, -0.2) is 35.3 Å². The third-order valence-electron chi connectivity index (χ3n) is 3.86. The van der Waals surface area contributed by atoms with Gasteiger partial charge >= 0.3 is 0 Å². The van der Waals surface area contributed by atoms with Gasteiger partial charge in [0.1, 0.15) is 11.5 Å². The van der Waals surface area contributed by atoms with Crippen molar-refractivity contribution in [1.29, 1.82) is 0 Å². The van der Waals surface area contributed by atoms with Crippen LogP contribution in [-0.2, 0) is 10.5 Å². The number of carbonyl (C=O) groups excluding carboxylic acids is 1. The van der Waals surface area contributed by atoms with E-state index >= 15 is 0 Å². The normalized spacial score (nSPS) is 10.9. The van der Waals surface area contributed by atoms with Crippen LogP contribution in [0.2, 0.25) is 5.02 Å². The highest BCUT2D eigenvalue weighted by Gasteiger charge is 2.13. The molecule has 0 saturated carbocycles. The molecule has 0 unspecified atom stereocenters. The molecule has 0 spiro atoms. The van der Waals surface area contributed by atoms with E-state index in [1.807, 2.05) is 12.3 Å². The second kappa shape index (κ2) is 8.85. The lowest BCUT2D eigenvalue weighted by Gasteiger charge is -2.13. The molecular weight excluding hydrogens is 422 g/mol. The Morgan fingerprint density at radius 3 is 2.75 bits per heavy atom. The zero-order valence-corrected chi connectivity index (χ0v) is 17.8. The van der Waals surface area contributed by atoms with Gasteiger partial charge in [-0.2, -0.15) is 0 Å². The maximum absolute atomic E-state index is 12.3. The zero-order valence-electron chi connectivity index (χ0n) is 15.4. The number of hydrogen-bond acceptors (Lipinski definition) is 7. The summed E-state index contributed by atoms with van der Waals surface area (Å²) in [7, 11) is 2.99. The van der Waals surface area contributed by atoms with Crippen molar-refractivity contribution in [3.63, 3.8) is 0 Å². The third kappa shape index (κ3) is 4.43. The summed E-state index contributed by atoms with van der Waals surface area (Å²) in [6.45, 7) is 1.87. The third-order valence-corrected chi connectivity index (χ3v) is 6.06. The SMILES string of the molecule is COc1cc(NC(=O)CSCc2cc(=O)n3c(C)csc3n2)c(OC)cc1Cl. The smallest absolute Gasteiger partial charge is 0.258 e. The van der Waals surface area contributed by atoms with Gasteiger partial charge in [-0.1, -0.05) is 11.6 Å². The standard InChI is InChI=1S/C18H18ClN3O4S2/c1-10-7-28-18-20-11(4-17(24)22(10)18)8-27-9-16(23)21-13-6-14(25-2)12(19)5-15(13)26-3/h4-7H,8-9H2,1-3H3,(H,21,23). The quantitative estimate of drug-likeness (QED) is 0.605. The van der Waals surface area contributed by atoms with Crippen molar-refractivity contribution in [2.75, 3.05) is 25.3 Å². The van der Waals surface area contributed by atoms with E-state index in [0.717, 1.165) is 5.69 Å². The summed E-state index contributed by atoms with van der Waals surface area (Å²) in [6.07, 6.45) is 0. The summed E-state index contributed by atoms with van der Waals surface area (Å²) in [5, 5.41) is 5.07. The number of nitrogens with zero attached hydrogens (tertiary/aromatic N) is 2. The van der Waals surface area contributed by atoms with E-state index in [-0.39, 0.29) is 17.2 Å². The molecule has 3 rings (SSSR count). The summed E-state index contributed by atoms with van der Waals surface area (Å²) >= 11 is 8.86. The molecule has 0 saturated heterocycles. The number of ether oxygens (including phenoxy) is 2. The predicted molar refractivity (Wildman–Crippen MR) is 113 cm³/mol. The van der Waals surface area contributed by atoms with Crippen LogP contribution < -0.4 is 20.3 Å². The number of aryl methyl sites for hydroxylation is 1. The van der Waals surface area contributed by atoms with Crippen LogP contribution in [0.15, 0.2) is 28.4 Å². The zero-order chi connectivity index (χ0) is 20.3. The van der Waals surface area contributed by atoms with Crippen LogP contribution in [0.3, 0.4) is 0 Å². The van der Waals surface area contributed by atoms with Gasteiger partial charge in [0.25, 0.3) is 5.56 Å². The minimum atomic E-state index is -0.211. The fraction of sp³-hybridized carbons (Fsp3) is 0.278. The van der Waals surface area contributed by atoms with Gasteiger partial charge in [0.15, 0.2) is 4.96 Å². The second-order valence-electron chi connectivity index (χ2n) is 5.81. The molecule has 0 atom stereocenters. The minimum absolute atomic E-state index is 0.109. The van der Waals surface area contributed by atoms with Crippen LogP contribution in [0.25, 0.3) is 4.96 Å². The first-order chi connectivity index (χ1) is 13.4. The van der Waals surface area contributed by atoms with E-state index in [9.17, 15) is 9.59 Å². The van der Waals surface area contributed by atoms with Crippen LogP contribution in [0.5, 0.6) is 11.5 Å². The number of hydrogen-bond donors (Lipinski definition) is 1. The number of halogens is 1. The summed E-state index contributed by atoms with van der Waals surface area (Å²) in [6, 6.07) is 4.70. The average Bonchev–Trinajstić information content (AvgIpc) is 3.04. The van der Waals surface area contributed by atoms with Crippen molar-refractivity contribution in [1.82, 2.24) is 9.38 Å². The Balaban J connectivity index is 1.63. The number of thiazole rings is 1. The molecule has 3 aromatic rings. The second-order valence-corrected chi connectivity index (χ2v) is 8.04. The Hall–Kier alpha value is -2.23. The van der Waals surface area contributed by atoms with Gasteiger partial charge in [0.05, 0.1) is 36.4 Å². The van der Waals surface area contributed by atoms with Crippen molar-refractivity contribution < 1.29 is 14.3 Å².